The lowest BCUT2D eigenvalue weighted by Crippen LogP contribution is -2.02. The fraction of sp³-hybridized carbons (Fsp3) is 0.357. The molecule has 0 saturated heterocycles. The second-order valence-electron chi connectivity index (χ2n) is 4.61. The normalized spacial score (nSPS) is 11.2. The fourth-order valence-corrected chi connectivity index (χ4v) is 2.22. The molecule has 96 valence electrons. The van der Waals surface area contributed by atoms with E-state index >= 15 is 0 Å². The van der Waals surface area contributed by atoms with Crippen LogP contribution >= 0.6 is 11.6 Å². The van der Waals surface area contributed by atoms with Gasteiger partial charge < -0.3 is 5.11 Å². The van der Waals surface area contributed by atoms with Crippen molar-refractivity contribution >= 4 is 11.6 Å². The lowest BCUT2D eigenvalue weighted by atomic mass is 10.1. The van der Waals surface area contributed by atoms with E-state index in [1.807, 2.05) is 44.2 Å². The molecule has 0 aliphatic carbocycles. The Morgan fingerprint density at radius 1 is 1.28 bits per heavy atom. The third kappa shape index (κ3) is 2.57. The summed E-state index contributed by atoms with van der Waals surface area (Å²) in [7, 11) is 0. The summed E-state index contributed by atoms with van der Waals surface area (Å²) < 4.78 is 1.75. The van der Waals surface area contributed by atoms with Crippen LogP contribution < -0.4 is 0 Å². The van der Waals surface area contributed by atoms with Gasteiger partial charge in [0.05, 0.1) is 18.8 Å². The SMILES string of the molecule is CC(C)c1nn(Cc2ccccc2)c(Cl)c1CO. The minimum Gasteiger partial charge on any atom is -0.391 e. The standard InChI is InChI=1S/C14H17ClN2O/c1-10(2)13-12(9-18)14(15)17(16-13)8-11-6-4-3-5-7-11/h3-7,10,18H,8-9H2,1-2H3. The van der Waals surface area contributed by atoms with Crippen molar-refractivity contribution < 1.29 is 5.11 Å². The Morgan fingerprint density at radius 3 is 2.44 bits per heavy atom. The van der Waals surface area contributed by atoms with Gasteiger partial charge in [-0.05, 0) is 11.5 Å². The van der Waals surface area contributed by atoms with Crippen LogP contribution in [0.5, 0.6) is 0 Å². The first-order chi connectivity index (χ1) is 8.63. The topological polar surface area (TPSA) is 38.0 Å². The molecule has 1 heterocycles. The molecule has 1 aromatic heterocycles. The molecule has 0 fully saturated rings. The van der Waals surface area contributed by atoms with Crippen LogP contribution in [0.1, 0.15) is 36.6 Å². The van der Waals surface area contributed by atoms with Gasteiger partial charge in [-0.1, -0.05) is 55.8 Å². The van der Waals surface area contributed by atoms with Crippen LogP contribution in [0, 0.1) is 0 Å². The van der Waals surface area contributed by atoms with E-state index in [4.69, 9.17) is 11.6 Å². The van der Waals surface area contributed by atoms with Crippen LogP contribution in [0.3, 0.4) is 0 Å². The lowest BCUT2D eigenvalue weighted by Gasteiger charge is -2.03. The third-order valence-electron chi connectivity index (χ3n) is 2.89. The van der Waals surface area contributed by atoms with Gasteiger partial charge in [-0.2, -0.15) is 5.10 Å². The van der Waals surface area contributed by atoms with Gasteiger partial charge in [0.2, 0.25) is 0 Å². The molecule has 1 N–H and O–H groups in total. The molecule has 0 radical (unpaired) electrons. The average molecular weight is 265 g/mol. The molecule has 1 aromatic carbocycles. The van der Waals surface area contributed by atoms with Crippen LogP contribution in [0.4, 0.5) is 0 Å². The first-order valence-electron chi connectivity index (χ1n) is 6.03. The van der Waals surface area contributed by atoms with Gasteiger partial charge in [0.1, 0.15) is 5.15 Å². The maximum Gasteiger partial charge on any atom is 0.133 e. The molecule has 4 heteroatoms. The third-order valence-corrected chi connectivity index (χ3v) is 3.32. The highest BCUT2D eigenvalue weighted by atomic mass is 35.5. The van der Waals surface area contributed by atoms with E-state index in [9.17, 15) is 5.11 Å². The summed E-state index contributed by atoms with van der Waals surface area (Å²) in [5.41, 5.74) is 2.75. The number of aromatic nitrogens is 2. The smallest absolute Gasteiger partial charge is 0.133 e. The highest BCUT2D eigenvalue weighted by Gasteiger charge is 2.17. The number of benzene rings is 1. The predicted molar refractivity (Wildman–Crippen MR) is 72.8 cm³/mol. The summed E-state index contributed by atoms with van der Waals surface area (Å²) >= 11 is 6.26. The van der Waals surface area contributed by atoms with Crippen molar-refractivity contribution in [3.05, 3.63) is 52.3 Å². The number of nitrogens with zero attached hydrogens (tertiary/aromatic N) is 2. The minimum atomic E-state index is -0.0683. The molecule has 18 heavy (non-hydrogen) atoms. The van der Waals surface area contributed by atoms with Gasteiger partial charge in [-0.15, -0.1) is 0 Å². The quantitative estimate of drug-likeness (QED) is 0.921. The van der Waals surface area contributed by atoms with Crippen molar-refractivity contribution in [3.8, 4) is 0 Å². The molecule has 0 saturated carbocycles. The Hall–Kier alpha value is -1.32. The first-order valence-corrected chi connectivity index (χ1v) is 6.41. The molecule has 0 spiro atoms. The highest BCUT2D eigenvalue weighted by molar-refractivity contribution is 6.30. The number of halogens is 1. The van der Waals surface area contributed by atoms with Gasteiger partial charge in [0.25, 0.3) is 0 Å². The van der Waals surface area contributed by atoms with E-state index < -0.39 is 0 Å². The molecule has 0 amide bonds. The van der Waals surface area contributed by atoms with Gasteiger partial charge in [0, 0.05) is 5.56 Å². The van der Waals surface area contributed by atoms with Crippen molar-refractivity contribution in [2.75, 3.05) is 0 Å². The Morgan fingerprint density at radius 2 is 1.94 bits per heavy atom. The van der Waals surface area contributed by atoms with Crippen LogP contribution in [0.15, 0.2) is 30.3 Å². The molecule has 0 bridgehead atoms. The van der Waals surface area contributed by atoms with E-state index in [0.717, 1.165) is 16.8 Å². The maximum atomic E-state index is 9.39. The number of rotatable bonds is 4. The van der Waals surface area contributed by atoms with Crippen LogP contribution in [-0.2, 0) is 13.2 Å². The average Bonchev–Trinajstić information content (AvgIpc) is 2.68. The van der Waals surface area contributed by atoms with Crippen molar-refractivity contribution in [3.63, 3.8) is 0 Å². The Labute approximate surface area is 112 Å². The van der Waals surface area contributed by atoms with Gasteiger partial charge in [0.15, 0.2) is 0 Å². The second kappa shape index (κ2) is 5.55. The van der Waals surface area contributed by atoms with Crippen molar-refractivity contribution in [1.29, 1.82) is 0 Å². The number of hydrogen-bond acceptors (Lipinski definition) is 2. The summed E-state index contributed by atoms with van der Waals surface area (Å²) in [5.74, 6) is 0.252. The molecule has 2 rings (SSSR count). The zero-order valence-electron chi connectivity index (χ0n) is 10.6. The van der Waals surface area contributed by atoms with Crippen molar-refractivity contribution in [2.45, 2.75) is 32.9 Å². The van der Waals surface area contributed by atoms with Gasteiger partial charge in [-0.3, -0.25) is 0 Å². The summed E-state index contributed by atoms with van der Waals surface area (Å²) in [5, 5.41) is 14.4. The van der Waals surface area contributed by atoms with Crippen molar-refractivity contribution in [1.82, 2.24) is 9.78 Å². The number of aliphatic hydroxyl groups excluding tert-OH is 1. The zero-order valence-corrected chi connectivity index (χ0v) is 11.4. The van der Waals surface area contributed by atoms with Gasteiger partial charge >= 0.3 is 0 Å². The first kappa shape index (κ1) is 13.1. The van der Waals surface area contributed by atoms with E-state index in [-0.39, 0.29) is 12.5 Å². The predicted octanol–water partition coefficient (Wildman–Crippen LogP) is 3.20. The largest absolute Gasteiger partial charge is 0.391 e. The fourth-order valence-electron chi connectivity index (χ4n) is 1.97. The Kier molecular flexibility index (Phi) is 4.04. The number of aliphatic hydroxyl groups is 1. The number of hydrogen-bond donors (Lipinski definition) is 1. The van der Waals surface area contributed by atoms with E-state index in [2.05, 4.69) is 5.10 Å². The monoisotopic (exact) mass is 264 g/mol. The molecule has 2 aromatic rings. The summed E-state index contributed by atoms with van der Waals surface area (Å²) in [4.78, 5) is 0. The Balaban J connectivity index is 2.34. The molecule has 0 unspecified atom stereocenters. The van der Waals surface area contributed by atoms with Crippen LogP contribution in [0.25, 0.3) is 0 Å². The van der Waals surface area contributed by atoms with Crippen molar-refractivity contribution in [2.24, 2.45) is 0 Å². The zero-order chi connectivity index (χ0) is 13.1. The van der Waals surface area contributed by atoms with E-state index in [0.29, 0.717) is 11.7 Å². The summed E-state index contributed by atoms with van der Waals surface area (Å²) in [6.45, 7) is 4.65. The van der Waals surface area contributed by atoms with E-state index in [1.54, 1.807) is 4.68 Å². The molecule has 3 nitrogen and oxygen atoms in total. The lowest BCUT2D eigenvalue weighted by molar-refractivity contribution is 0.280. The maximum absolute atomic E-state index is 9.39. The molecule has 0 aliphatic rings. The van der Waals surface area contributed by atoms with E-state index in [1.165, 1.54) is 0 Å². The van der Waals surface area contributed by atoms with Crippen LogP contribution in [0.2, 0.25) is 5.15 Å². The molecule has 0 aliphatic heterocycles. The molecular formula is C14H17ClN2O. The summed E-state index contributed by atoms with van der Waals surface area (Å²) in [6, 6.07) is 10.0. The summed E-state index contributed by atoms with van der Waals surface area (Å²) in [6.07, 6.45) is 0. The Bertz CT molecular complexity index is 520. The van der Waals surface area contributed by atoms with Crippen LogP contribution in [-0.4, -0.2) is 14.9 Å². The second-order valence-corrected chi connectivity index (χ2v) is 4.97. The highest BCUT2D eigenvalue weighted by Crippen LogP contribution is 2.26. The molecular weight excluding hydrogens is 248 g/mol. The van der Waals surface area contributed by atoms with Gasteiger partial charge in [-0.25, -0.2) is 4.68 Å². The minimum absolute atomic E-state index is 0.0683. The molecule has 0 atom stereocenters.